The first-order chi connectivity index (χ1) is 32.6. The van der Waals surface area contributed by atoms with Gasteiger partial charge in [0.2, 0.25) is 23.6 Å². The van der Waals surface area contributed by atoms with Gasteiger partial charge in [0.15, 0.2) is 31.5 Å². The van der Waals surface area contributed by atoms with Crippen molar-refractivity contribution in [2.45, 2.75) is 181 Å². The van der Waals surface area contributed by atoms with Crippen LogP contribution in [0, 0.1) is 0 Å². The number of rotatable bonds is 18. The molecule has 30 heteroatoms. The molecule has 0 spiro atoms. The van der Waals surface area contributed by atoms with Gasteiger partial charge in [0.1, 0.15) is 116 Å². The topological polar surface area (TPSA) is 454 Å². The highest BCUT2D eigenvalue weighted by molar-refractivity contribution is 5.74. The molecule has 0 aliphatic carbocycles. The van der Waals surface area contributed by atoms with Crippen LogP contribution in [-0.4, -0.2) is 278 Å². The van der Waals surface area contributed by atoms with Gasteiger partial charge in [0.25, 0.3) is 0 Å². The number of likely N-dealkylation sites (N-methyl/N-ethyl adjacent to an activating group) is 1. The Morgan fingerprint density at radius 2 is 0.638 bits per heavy atom. The van der Waals surface area contributed by atoms with Crippen LogP contribution >= 0.6 is 0 Å². The lowest BCUT2D eigenvalue weighted by Crippen LogP contribution is -2.72. The summed E-state index contributed by atoms with van der Waals surface area (Å²) in [4.78, 5) is 49.5. The summed E-state index contributed by atoms with van der Waals surface area (Å²) >= 11 is 0. The van der Waals surface area contributed by atoms with Crippen molar-refractivity contribution in [1.82, 2.24) is 26.6 Å². The average Bonchev–Trinajstić information content (AvgIpc) is 3.29. The van der Waals surface area contributed by atoms with E-state index in [1.807, 2.05) is 0 Å². The lowest BCUT2D eigenvalue weighted by atomic mass is 9.93. The van der Waals surface area contributed by atoms with Gasteiger partial charge in [0, 0.05) is 27.7 Å². The number of ether oxygens (including phenoxy) is 9. The maximum atomic E-state index is 12.6. The Morgan fingerprint density at radius 3 is 0.928 bits per heavy atom. The third-order valence-electron chi connectivity index (χ3n) is 12.3. The number of hydrogen-bond acceptors (Lipinski definition) is 26. The highest BCUT2D eigenvalue weighted by Crippen LogP contribution is 2.36. The summed E-state index contributed by atoms with van der Waals surface area (Å²) in [7, 11) is 1.40. The highest BCUT2D eigenvalue weighted by atomic mass is 16.8. The smallest absolute Gasteiger partial charge is 0.217 e. The van der Waals surface area contributed by atoms with Crippen LogP contribution in [0.3, 0.4) is 0 Å². The first kappa shape index (κ1) is 56.9. The van der Waals surface area contributed by atoms with Gasteiger partial charge in [-0.15, -0.1) is 0 Å². The first-order valence-electron chi connectivity index (χ1n) is 22.1. The van der Waals surface area contributed by atoms with E-state index in [1.165, 1.54) is 7.05 Å². The van der Waals surface area contributed by atoms with Crippen LogP contribution in [0.1, 0.15) is 27.7 Å². The molecular formula is C39H67N5O25. The molecule has 25 unspecified atom stereocenters. The molecule has 17 N–H and O–H groups in total. The minimum absolute atomic E-state index is 0.680. The maximum Gasteiger partial charge on any atom is 0.217 e. The molecule has 0 aromatic carbocycles. The summed E-state index contributed by atoms with van der Waals surface area (Å²) in [5.74, 6) is -2.98. The number of carbonyl (C=O) groups excluding carboxylic acids is 4. The second-order valence-electron chi connectivity index (χ2n) is 17.2. The molecule has 69 heavy (non-hydrogen) atoms. The van der Waals surface area contributed by atoms with Gasteiger partial charge in [-0.25, -0.2) is 0 Å². The monoisotopic (exact) mass is 1010 g/mol. The predicted molar refractivity (Wildman–Crippen MR) is 220 cm³/mol. The molecule has 5 aliphatic heterocycles. The van der Waals surface area contributed by atoms with Gasteiger partial charge in [-0.2, -0.15) is 0 Å². The van der Waals surface area contributed by atoms with Crippen molar-refractivity contribution in [3.8, 4) is 0 Å². The Bertz CT molecular complexity index is 1700. The zero-order valence-electron chi connectivity index (χ0n) is 38.1. The molecule has 0 bridgehead atoms. The van der Waals surface area contributed by atoms with E-state index in [4.69, 9.17) is 42.6 Å². The van der Waals surface area contributed by atoms with E-state index in [-0.39, 0.29) is 0 Å². The van der Waals surface area contributed by atoms with Crippen LogP contribution in [0.2, 0.25) is 0 Å². The number of amides is 4. The van der Waals surface area contributed by atoms with Crippen LogP contribution in [0.5, 0.6) is 0 Å². The minimum Gasteiger partial charge on any atom is -0.394 e. The van der Waals surface area contributed by atoms with Crippen molar-refractivity contribution < 1.29 is 123 Å². The summed E-state index contributed by atoms with van der Waals surface area (Å²) in [5.41, 5.74) is 0. The van der Waals surface area contributed by atoms with E-state index in [2.05, 4.69) is 26.6 Å². The third kappa shape index (κ3) is 13.0. The second kappa shape index (κ2) is 25.1. The van der Waals surface area contributed by atoms with E-state index >= 15 is 0 Å². The molecule has 25 atom stereocenters. The number of aliphatic hydroxyl groups is 12. The first-order valence-corrected chi connectivity index (χ1v) is 22.1. The second-order valence-corrected chi connectivity index (χ2v) is 17.2. The van der Waals surface area contributed by atoms with E-state index < -0.39 is 210 Å². The van der Waals surface area contributed by atoms with Crippen LogP contribution in [0.15, 0.2) is 0 Å². The van der Waals surface area contributed by atoms with Crippen LogP contribution < -0.4 is 26.6 Å². The minimum atomic E-state index is -1.97. The maximum absolute atomic E-state index is 12.6. The normalized spacial score (nSPS) is 45.0. The van der Waals surface area contributed by atoms with Crippen molar-refractivity contribution >= 4 is 23.6 Å². The van der Waals surface area contributed by atoms with Crippen LogP contribution in [-0.2, 0) is 61.8 Å². The molecule has 0 saturated carbocycles. The number of carbonyl (C=O) groups is 4. The van der Waals surface area contributed by atoms with Crippen LogP contribution in [0.4, 0.5) is 0 Å². The number of aliphatic hydroxyl groups excluding tert-OH is 12. The van der Waals surface area contributed by atoms with E-state index in [1.54, 1.807) is 0 Å². The summed E-state index contributed by atoms with van der Waals surface area (Å²) < 4.78 is 53.1. The molecule has 4 amide bonds. The quantitative estimate of drug-likeness (QED) is 0.0606. The molecule has 398 valence electrons. The zero-order chi connectivity index (χ0) is 51.2. The largest absolute Gasteiger partial charge is 0.394 e. The Morgan fingerprint density at radius 1 is 0.377 bits per heavy atom. The molecule has 5 saturated heterocycles. The number of nitrogens with one attached hydrogen (secondary N) is 5. The van der Waals surface area contributed by atoms with Gasteiger partial charge in [-0.1, -0.05) is 0 Å². The average molecular weight is 1010 g/mol. The van der Waals surface area contributed by atoms with Gasteiger partial charge >= 0.3 is 0 Å². The molecular weight excluding hydrogens is 938 g/mol. The molecule has 0 aromatic heterocycles. The van der Waals surface area contributed by atoms with Gasteiger partial charge in [0.05, 0.1) is 39.1 Å². The fourth-order valence-corrected chi connectivity index (χ4v) is 8.98. The van der Waals surface area contributed by atoms with E-state index in [0.717, 1.165) is 27.7 Å². The number of hydrogen-bond donors (Lipinski definition) is 17. The molecule has 5 rings (SSSR count). The zero-order valence-corrected chi connectivity index (χ0v) is 38.1. The fourth-order valence-electron chi connectivity index (χ4n) is 8.98. The fraction of sp³-hybridized carbons (Fsp3) is 0.897. The summed E-state index contributed by atoms with van der Waals surface area (Å²) in [5, 5.41) is 142. The lowest BCUT2D eigenvalue weighted by molar-refractivity contribution is -0.367. The highest BCUT2D eigenvalue weighted by Gasteiger charge is 2.57. The Hall–Kier alpha value is -3.00. The SMILES string of the molecule is CNC1C(OC2C(CO)OC(OC3C(CO)OC(OC4C(CO)OC(OC5C(CO)OC(O)C(NC(C)=O)C5O)C(NC(C)=O)C4O)C(NC(C)=O)C3O)C(NC(C)=O)C2O)OC(CO)C(O)C1O. The third-order valence-corrected chi connectivity index (χ3v) is 12.3. The predicted octanol–water partition coefficient (Wildman–Crippen LogP) is -11.1. The summed E-state index contributed by atoms with van der Waals surface area (Å²) in [6.45, 7) is -0.129. The van der Waals surface area contributed by atoms with Crippen molar-refractivity contribution in [1.29, 1.82) is 0 Å². The Kier molecular flexibility index (Phi) is 20.7. The van der Waals surface area contributed by atoms with Crippen molar-refractivity contribution in [3.63, 3.8) is 0 Å². The molecule has 0 aromatic rings. The van der Waals surface area contributed by atoms with Crippen LogP contribution in [0.25, 0.3) is 0 Å². The van der Waals surface area contributed by atoms with Crippen molar-refractivity contribution in [3.05, 3.63) is 0 Å². The standard InChI is InChI=1S/C39H67N5O25/c1-11(50)41-20-27(56)31(16(7-46)61-35(20)60)67-37-23(43-13(3)52)29(58)33(18(9-48)64-37)69-39-24(44-14(4)53)30(59)34(19(10-49)65-39)68-38-22(42-12(2)51)28(57)32(17(8-47)63-38)66-36-21(40-5)26(55)25(54)15(6-45)62-36/h15-40,45-49,54-60H,6-10H2,1-5H3,(H,41,50)(H,42,51)(H,43,52)(H,44,53). The van der Waals surface area contributed by atoms with Crippen molar-refractivity contribution in [2.24, 2.45) is 0 Å². The van der Waals surface area contributed by atoms with Gasteiger partial charge in [-0.3, -0.25) is 19.2 Å². The van der Waals surface area contributed by atoms with E-state index in [0.29, 0.717) is 0 Å². The van der Waals surface area contributed by atoms with Crippen molar-refractivity contribution in [2.75, 3.05) is 40.1 Å². The Labute approximate surface area is 394 Å². The lowest BCUT2D eigenvalue weighted by Gasteiger charge is -2.51. The van der Waals surface area contributed by atoms with E-state index in [9.17, 15) is 80.5 Å². The molecule has 5 fully saturated rings. The molecule has 0 radical (unpaired) electrons. The van der Waals surface area contributed by atoms with Gasteiger partial charge < -0.3 is 130 Å². The Balaban J connectivity index is 1.39. The summed E-state index contributed by atoms with van der Waals surface area (Å²) in [6.07, 6.45) is -33.7. The molecule has 5 aliphatic rings. The molecule has 5 heterocycles. The van der Waals surface area contributed by atoms with Gasteiger partial charge in [-0.05, 0) is 7.05 Å². The molecule has 30 nitrogen and oxygen atoms in total. The summed E-state index contributed by atoms with van der Waals surface area (Å²) in [6, 6.07) is -7.58.